The van der Waals surface area contributed by atoms with Gasteiger partial charge in [0.2, 0.25) is 0 Å². The molecule has 0 saturated heterocycles. The minimum Gasteiger partial charge on any atom is -0.494 e. The van der Waals surface area contributed by atoms with Gasteiger partial charge >= 0.3 is 0 Å². The van der Waals surface area contributed by atoms with Crippen molar-refractivity contribution in [2.45, 2.75) is 26.3 Å². The van der Waals surface area contributed by atoms with E-state index in [2.05, 4.69) is 35.1 Å². The molecule has 0 aliphatic carbocycles. The lowest BCUT2D eigenvalue weighted by Crippen LogP contribution is -2.05. The van der Waals surface area contributed by atoms with Gasteiger partial charge in [0.15, 0.2) is 4.67 Å². The molecular weight excluding hydrogens is 306 g/mol. The van der Waals surface area contributed by atoms with Gasteiger partial charge in [0.05, 0.1) is 12.6 Å². The van der Waals surface area contributed by atoms with Gasteiger partial charge in [-0.2, -0.15) is 0 Å². The number of nitrogens with one attached hydrogen (secondary N) is 1. The van der Waals surface area contributed by atoms with Crippen molar-refractivity contribution in [2.75, 3.05) is 11.9 Å². The van der Waals surface area contributed by atoms with Crippen molar-refractivity contribution >= 4 is 21.6 Å². The van der Waals surface area contributed by atoms with E-state index in [0.717, 1.165) is 34.9 Å². The second-order valence-electron chi connectivity index (χ2n) is 4.38. The van der Waals surface area contributed by atoms with Crippen LogP contribution in [0.15, 0.2) is 45.5 Å². The molecule has 1 aromatic heterocycles. The Labute approximate surface area is 122 Å². The lowest BCUT2D eigenvalue weighted by atomic mass is 10.2. The molecule has 0 spiro atoms. The standard InChI is InChI=1S/C15H18BrNO2/c1-3-9-18-13-6-4-5-12(10-13)17-11(2)14-7-8-15(16)19-14/h4-8,10-11,17H,3,9H2,1-2H3. The molecule has 0 aliphatic rings. The molecular formula is C15H18BrNO2. The van der Waals surface area contributed by atoms with Gasteiger partial charge in [0.1, 0.15) is 11.5 Å². The predicted molar refractivity (Wildman–Crippen MR) is 80.7 cm³/mol. The highest BCUT2D eigenvalue weighted by atomic mass is 79.9. The number of furan rings is 1. The quantitative estimate of drug-likeness (QED) is 0.811. The number of rotatable bonds is 6. The summed E-state index contributed by atoms with van der Waals surface area (Å²) in [4.78, 5) is 0. The van der Waals surface area contributed by atoms with Crippen LogP contribution >= 0.6 is 15.9 Å². The first kappa shape index (κ1) is 14.0. The molecule has 102 valence electrons. The molecule has 2 rings (SSSR count). The second kappa shape index (κ2) is 6.66. The molecule has 1 unspecified atom stereocenters. The Morgan fingerprint density at radius 2 is 2.16 bits per heavy atom. The van der Waals surface area contributed by atoms with E-state index in [1.807, 2.05) is 36.4 Å². The minimum atomic E-state index is 0.104. The molecule has 1 N–H and O–H groups in total. The van der Waals surface area contributed by atoms with Crippen LogP contribution in [0.2, 0.25) is 0 Å². The zero-order chi connectivity index (χ0) is 13.7. The summed E-state index contributed by atoms with van der Waals surface area (Å²) in [6, 6.07) is 11.9. The van der Waals surface area contributed by atoms with Gasteiger partial charge in [-0.25, -0.2) is 0 Å². The van der Waals surface area contributed by atoms with Crippen LogP contribution in [0.3, 0.4) is 0 Å². The Morgan fingerprint density at radius 3 is 2.84 bits per heavy atom. The van der Waals surface area contributed by atoms with Gasteiger partial charge in [-0.15, -0.1) is 0 Å². The third-order valence-electron chi connectivity index (χ3n) is 2.71. The maximum Gasteiger partial charge on any atom is 0.169 e. The van der Waals surface area contributed by atoms with Crippen molar-refractivity contribution in [2.24, 2.45) is 0 Å². The first-order valence-corrected chi connectivity index (χ1v) is 7.23. The van der Waals surface area contributed by atoms with Crippen LogP contribution in [0.4, 0.5) is 5.69 Å². The zero-order valence-corrected chi connectivity index (χ0v) is 12.7. The lowest BCUT2D eigenvalue weighted by molar-refractivity contribution is 0.317. The van der Waals surface area contributed by atoms with Crippen molar-refractivity contribution in [1.29, 1.82) is 0 Å². The Bertz CT molecular complexity index is 524. The molecule has 0 aliphatic heterocycles. The van der Waals surface area contributed by atoms with Gasteiger partial charge in [0, 0.05) is 11.8 Å². The molecule has 0 bridgehead atoms. The predicted octanol–water partition coefficient (Wildman–Crippen LogP) is 5.00. The van der Waals surface area contributed by atoms with Gasteiger partial charge in [-0.3, -0.25) is 0 Å². The van der Waals surface area contributed by atoms with Crippen LogP contribution in [-0.2, 0) is 0 Å². The molecule has 0 radical (unpaired) electrons. The largest absolute Gasteiger partial charge is 0.494 e. The Morgan fingerprint density at radius 1 is 1.32 bits per heavy atom. The molecule has 0 fully saturated rings. The van der Waals surface area contributed by atoms with E-state index in [9.17, 15) is 0 Å². The maximum atomic E-state index is 5.62. The highest BCUT2D eigenvalue weighted by Gasteiger charge is 2.09. The SMILES string of the molecule is CCCOc1cccc(NC(C)c2ccc(Br)o2)c1. The Balaban J connectivity index is 2.02. The first-order valence-electron chi connectivity index (χ1n) is 6.43. The molecule has 1 atom stereocenters. The fourth-order valence-electron chi connectivity index (χ4n) is 1.78. The summed E-state index contributed by atoms with van der Waals surface area (Å²) in [6.07, 6.45) is 1.01. The van der Waals surface area contributed by atoms with Crippen molar-refractivity contribution in [3.63, 3.8) is 0 Å². The summed E-state index contributed by atoms with van der Waals surface area (Å²) in [7, 11) is 0. The molecule has 0 amide bonds. The smallest absolute Gasteiger partial charge is 0.169 e. The molecule has 0 saturated carbocycles. The van der Waals surface area contributed by atoms with Gasteiger partial charge in [-0.05, 0) is 53.5 Å². The topological polar surface area (TPSA) is 34.4 Å². The number of hydrogen-bond donors (Lipinski definition) is 1. The number of anilines is 1. The van der Waals surface area contributed by atoms with E-state index < -0.39 is 0 Å². The van der Waals surface area contributed by atoms with Crippen molar-refractivity contribution < 1.29 is 9.15 Å². The van der Waals surface area contributed by atoms with Gasteiger partial charge in [-0.1, -0.05) is 13.0 Å². The first-order chi connectivity index (χ1) is 9.19. The fourth-order valence-corrected chi connectivity index (χ4v) is 2.10. The molecule has 3 nitrogen and oxygen atoms in total. The maximum absolute atomic E-state index is 5.62. The van der Waals surface area contributed by atoms with E-state index in [1.54, 1.807) is 0 Å². The van der Waals surface area contributed by atoms with Crippen LogP contribution < -0.4 is 10.1 Å². The number of hydrogen-bond acceptors (Lipinski definition) is 3. The summed E-state index contributed by atoms with van der Waals surface area (Å²) < 4.78 is 11.9. The average molecular weight is 324 g/mol. The van der Waals surface area contributed by atoms with Crippen LogP contribution in [0.25, 0.3) is 0 Å². The zero-order valence-electron chi connectivity index (χ0n) is 11.2. The van der Waals surface area contributed by atoms with Crippen molar-refractivity contribution in [3.8, 4) is 5.75 Å². The number of halogens is 1. The van der Waals surface area contributed by atoms with Crippen LogP contribution in [0, 0.1) is 0 Å². The normalized spacial score (nSPS) is 12.2. The van der Waals surface area contributed by atoms with Crippen LogP contribution in [0.1, 0.15) is 32.1 Å². The van der Waals surface area contributed by atoms with E-state index in [4.69, 9.17) is 9.15 Å². The monoisotopic (exact) mass is 323 g/mol. The van der Waals surface area contributed by atoms with Gasteiger partial charge < -0.3 is 14.5 Å². The summed E-state index contributed by atoms with van der Waals surface area (Å²) in [5.74, 6) is 1.78. The summed E-state index contributed by atoms with van der Waals surface area (Å²) in [5.41, 5.74) is 1.02. The molecule has 1 heterocycles. The van der Waals surface area contributed by atoms with E-state index >= 15 is 0 Å². The molecule has 19 heavy (non-hydrogen) atoms. The highest BCUT2D eigenvalue weighted by Crippen LogP contribution is 2.25. The van der Waals surface area contributed by atoms with Crippen molar-refractivity contribution in [1.82, 2.24) is 0 Å². The Hall–Kier alpha value is -1.42. The van der Waals surface area contributed by atoms with E-state index in [0.29, 0.717) is 0 Å². The molecule has 4 heteroatoms. The summed E-state index contributed by atoms with van der Waals surface area (Å²) >= 11 is 3.31. The molecule has 1 aromatic carbocycles. The average Bonchev–Trinajstić information content (AvgIpc) is 2.83. The highest BCUT2D eigenvalue weighted by molar-refractivity contribution is 9.10. The van der Waals surface area contributed by atoms with Crippen LogP contribution in [0.5, 0.6) is 5.75 Å². The summed E-state index contributed by atoms with van der Waals surface area (Å²) in [6.45, 7) is 4.90. The lowest BCUT2D eigenvalue weighted by Gasteiger charge is -2.14. The molecule has 2 aromatic rings. The number of ether oxygens (including phenoxy) is 1. The minimum absolute atomic E-state index is 0.104. The van der Waals surface area contributed by atoms with Gasteiger partial charge in [0.25, 0.3) is 0 Å². The van der Waals surface area contributed by atoms with E-state index in [-0.39, 0.29) is 6.04 Å². The van der Waals surface area contributed by atoms with E-state index in [1.165, 1.54) is 0 Å². The van der Waals surface area contributed by atoms with Crippen molar-refractivity contribution in [3.05, 3.63) is 46.8 Å². The third kappa shape index (κ3) is 4.03. The summed E-state index contributed by atoms with van der Waals surface area (Å²) in [5, 5.41) is 3.39. The second-order valence-corrected chi connectivity index (χ2v) is 5.17. The third-order valence-corrected chi connectivity index (χ3v) is 3.14. The van der Waals surface area contributed by atoms with Crippen LogP contribution in [-0.4, -0.2) is 6.61 Å². The Kier molecular flexibility index (Phi) is 4.91. The number of benzene rings is 1. The fraction of sp³-hybridized carbons (Fsp3) is 0.333.